The summed E-state index contributed by atoms with van der Waals surface area (Å²) in [6, 6.07) is 5.66. The lowest BCUT2D eigenvalue weighted by Gasteiger charge is -2.36. The molecule has 2 rings (SSSR count). The van der Waals surface area contributed by atoms with Crippen LogP contribution in [0.2, 0.25) is 5.02 Å². The molecule has 6 nitrogen and oxygen atoms in total. The van der Waals surface area contributed by atoms with Crippen molar-refractivity contribution in [1.29, 1.82) is 0 Å². The first-order valence-corrected chi connectivity index (χ1v) is 8.78. The minimum atomic E-state index is -0.794. The van der Waals surface area contributed by atoms with Gasteiger partial charge in [0, 0.05) is 44.8 Å². The first-order chi connectivity index (χ1) is 11.5. The van der Waals surface area contributed by atoms with Crippen molar-refractivity contribution in [3.8, 4) is 0 Å². The van der Waals surface area contributed by atoms with E-state index in [1.165, 1.54) is 0 Å². The van der Waals surface area contributed by atoms with Gasteiger partial charge in [-0.05, 0) is 24.6 Å². The molecule has 1 aliphatic heterocycles. The summed E-state index contributed by atoms with van der Waals surface area (Å²) in [4.78, 5) is 16.0. The van der Waals surface area contributed by atoms with Gasteiger partial charge in [0.05, 0.1) is 23.4 Å². The average Bonchev–Trinajstić information content (AvgIpc) is 2.60. The minimum Gasteiger partial charge on any atom is -0.394 e. The van der Waals surface area contributed by atoms with Crippen molar-refractivity contribution in [2.75, 3.05) is 49.5 Å². The summed E-state index contributed by atoms with van der Waals surface area (Å²) in [6.07, 6.45) is 0.697. The van der Waals surface area contributed by atoms with Crippen LogP contribution in [0.5, 0.6) is 0 Å². The van der Waals surface area contributed by atoms with E-state index in [0.29, 0.717) is 11.4 Å². The molecular formula is C17H26ClN3O3. The zero-order chi connectivity index (χ0) is 17.5. The zero-order valence-corrected chi connectivity index (χ0v) is 14.8. The van der Waals surface area contributed by atoms with E-state index >= 15 is 0 Å². The topological polar surface area (TPSA) is 76.0 Å². The highest BCUT2D eigenvalue weighted by molar-refractivity contribution is 6.33. The first kappa shape index (κ1) is 18.8. The number of carbonyl (C=O) groups excluding carboxylic acids is 1. The number of rotatable bonds is 7. The lowest BCUT2D eigenvalue weighted by molar-refractivity contribution is -0.131. The highest BCUT2D eigenvalue weighted by Gasteiger charge is 2.21. The van der Waals surface area contributed by atoms with Crippen molar-refractivity contribution in [1.82, 2.24) is 4.90 Å². The predicted octanol–water partition coefficient (Wildman–Crippen LogP) is 1.55. The maximum Gasteiger partial charge on any atom is 0.222 e. The van der Waals surface area contributed by atoms with Crippen LogP contribution in [-0.2, 0) is 4.79 Å². The van der Waals surface area contributed by atoms with Crippen LogP contribution in [0.15, 0.2) is 18.2 Å². The van der Waals surface area contributed by atoms with Gasteiger partial charge in [-0.25, -0.2) is 0 Å². The van der Waals surface area contributed by atoms with E-state index < -0.39 is 6.10 Å². The number of halogens is 1. The molecule has 3 N–H and O–H groups in total. The number of benzene rings is 1. The van der Waals surface area contributed by atoms with Crippen LogP contribution in [0, 0.1) is 0 Å². The number of piperazine rings is 1. The lowest BCUT2D eigenvalue weighted by atomic mass is 10.2. The van der Waals surface area contributed by atoms with Crippen LogP contribution in [-0.4, -0.2) is 66.5 Å². The molecule has 1 amide bonds. The molecular weight excluding hydrogens is 330 g/mol. The second-order valence-electron chi connectivity index (χ2n) is 6.00. The minimum absolute atomic E-state index is 0.227. The Hall–Kier alpha value is -1.50. The number of hydrogen-bond donors (Lipinski definition) is 3. The quantitative estimate of drug-likeness (QED) is 0.692. The van der Waals surface area contributed by atoms with Crippen LogP contribution in [0.4, 0.5) is 11.4 Å². The van der Waals surface area contributed by atoms with Gasteiger partial charge in [0.15, 0.2) is 0 Å². The molecule has 1 aliphatic rings. The summed E-state index contributed by atoms with van der Waals surface area (Å²) in [5, 5.41) is 21.9. The van der Waals surface area contributed by atoms with E-state index in [1.54, 1.807) is 0 Å². The van der Waals surface area contributed by atoms with Crippen molar-refractivity contribution in [3.05, 3.63) is 23.2 Å². The number of aliphatic hydroxyl groups excluding tert-OH is 2. The van der Waals surface area contributed by atoms with Crippen molar-refractivity contribution in [3.63, 3.8) is 0 Å². The Bertz CT molecular complexity index is 548. The van der Waals surface area contributed by atoms with E-state index in [-0.39, 0.29) is 19.1 Å². The number of nitrogens with one attached hydrogen (secondary N) is 1. The maximum absolute atomic E-state index is 11.9. The van der Waals surface area contributed by atoms with Gasteiger partial charge in [-0.1, -0.05) is 18.5 Å². The molecule has 1 saturated heterocycles. The summed E-state index contributed by atoms with van der Waals surface area (Å²) in [7, 11) is 0. The fraction of sp³-hybridized carbons (Fsp3) is 0.588. The molecule has 24 heavy (non-hydrogen) atoms. The standard InChI is InChI=1S/C17H26ClN3O3/c1-2-3-17(24)21-8-6-20(7-9-21)16-5-4-13(10-15(16)18)19-11-14(23)12-22/h4-5,10,14,19,22-23H,2-3,6-9,11-12H2,1H3. The second kappa shape index (κ2) is 9.11. The monoisotopic (exact) mass is 355 g/mol. The predicted molar refractivity (Wildman–Crippen MR) is 96.7 cm³/mol. The van der Waals surface area contributed by atoms with Crippen LogP contribution in [0.3, 0.4) is 0 Å². The maximum atomic E-state index is 11.9. The average molecular weight is 356 g/mol. The van der Waals surface area contributed by atoms with Gasteiger partial charge in [-0.15, -0.1) is 0 Å². The summed E-state index contributed by atoms with van der Waals surface area (Å²) in [5.74, 6) is 0.227. The SMILES string of the molecule is CCCC(=O)N1CCN(c2ccc(NCC(O)CO)cc2Cl)CC1. The molecule has 0 bridgehead atoms. The van der Waals surface area contributed by atoms with Gasteiger partial charge < -0.3 is 25.3 Å². The molecule has 7 heteroatoms. The van der Waals surface area contributed by atoms with Gasteiger partial charge in [0.2, 0.25) is 5.91 Å². The number of anilines is 2. The Morgan fingerprint density at radius 3 is 2.62 bits per heavy atom. The van der Waals surface area contributed by atoms with Crippen molar-refractivity contribution < 1.29 is 15.0 Å². The molecule has 0 aromatic heterocycles. The Balaban J connectivity index is 1.92. The summed E-state index contributed by atoms with van der Waals surface area (Å²) in [6.45, 7) is 4.99. The molecule has 0 aliphatic carbocycles. The molecule has 1 unspecified atom stereocenters. The van der Waals surface area contributed by atoms with E-state index in [1.807, 2.05) is 30.0 Å². The summed E-state index contributed by atoms with van der Waals surface area (Å²) >= 11 is 6.39. The number of amides is 1. The first-order valence-electron chi connectivity index (χ1n) is 8.40. The third-order valence-corrected chi connectivity index (χ3v) is 4.44. The number of aliphatic hydroxyl groups is 2. The van der Waals surface area contributed by atoms with E-state index in [9.17, 15) is 9.90 Å². The van der Waals surface area contributed by atoms with Crippen LogP contribution >= 0.6 is 11.6 Å². The number of nitrogens with zero attached hydrogens (tertiary/aromatic N) is 2. The Labute approximate surface area is 148 Å². The van der Waals surface area contributed by atoms with Gasteiger partial charge in [0.25, 0.3) is 0 Å². The fourth-order valence-electron chi connectivity index (χ4n) is 2.74. The second-order valence-corrected chi connectivity index (χ2v) is 6.41. The lowest BCUT2D eigenvalue weighted by Crippen LogP contribution is -2.48. The Morgan fingerprint density at radius 1 is 1.33 bits per heavy atom. The normalized spacial score (nSPS) is 16.2. The summed E-state index contributed by atoms with van der Waals surface area (Å²) in [5.41, 5.74) is 1.75. The fourth-order valence-corrected chi connectivity index (χ4v) is 3.04. The van der Waals surface area contributed by atoms with Crippen molar-refractivity contribution in [2.45, 2.75) is 25.9 Å². The van der Waals surface area contributed by atoms with Gasteiger partial charge in [0.1, 0.15) is 0 Å². The molecule has 1 aromatic carbocycles. The molecule has 1 atom stereocenters. The van der Waals surface area contributed by atoms with E-state index in [2.05, 4.69) is 10.2 Å². The van der Waals surface area contributed by atoms with Gasteiger partial charge in [-0.2, -0.15) is 0 Å². The van der Waals surface area contributed by atoms with E-state index in [0.717, 1.165) is 44.0 Å². The van der Waals surface area contributed by atoms with Crippen molar-refractivity contribution >= 4 is 28.9 Å². The molecule has 0 saturated carbocycles. The number of carbonyl (C=O) groups is 1. The zero-order valence-electron chi connectivity index (χ0n) is 14.0. The molecule has 1 heterocycles. The largest absolute Gasteiger partial charge is 0.394 e. The smallest absolute Gasteiger partial charge is 0.222 e. The summed E-state index contributed by atoms with van der Waals surface area (Å²) < 4.78 is 0. The molecule has 0 spiro atoms. The molecule has 0 radical (unpaired) electrons. The van der Waals surface area contributed by atoms with Gasteiger partial charge in [-0.3, -0.25) is 4.79 Å². The van der Waals surface area contributed by atoms with Crippen LogP contribution in [0.25, 0.3) is 0 Å². The number of hydrogen-bond acceptors (Lipinski definition) is 5. The van der Waals surface area contributed by atoms with Crippen molar-refractivity contribution in [2.24, 2.45) is 0 Å². The van der Waals surface area contributed by atoms with Crippen LogP contribution in [0.1, 0.15) is 19.8 Å². The van der Waals surface area contributed by atoms with E-state index in [4.69, 9.17) is 16.7 Å². The highest BCUT2D eigenvalue weighted by atomic mass is 35.5. The molecule has 1 fully saturated rings. The van der Waals surface area contributed by atoms with Crippen LogP contribution < -0.4 is 10.2 Å². The molecule has 134 valence electrons. The molecule has 1 aromatic rings. The Kier molecular flexibility index (Phi) is 7.15. The third-order valence-electron chi connectivity index (χ3n) is 4.14. The Morgan fingerprint density at radius 2 is 2.04 bits per heavy atom. The third kappa shape index (κ3) is 5.00. The highest BCUT2D eigenvalue weighted by Crippen LogP contribution is 2.29. The van der Waals surface area contributed by atoms with Gasteiger partial charge >= 0.3 is 0 Å².